The lowest BCUT2D eigenvalue weighted by Crippen LogP contribution is -2.53. The van der Waals surface area contributed by atoms with Gasteiger partial charge in [-0.1, -0.05) is 30.3 Å². The summed E-state index contributed by atoms with van der Waals surface area (Å²) >= 11 is 5.59. The Morgan fingerprint density at radius 3 is 2.51 bits per heavy atom. The zero-order valence-electron chi connectivity index (χ0n) is 23.0. The van der Waals surface area contributed by atoms with Crippen molar-refractivity contribution in [3.8, 4) is 5.75 Å². The molecule has 0 amide bonds. The van der Waals surface area contributed by atoms with Crippen molar-refractivity contribution >= 4 is 35.2 Å². The fourth-order valence-corrected chi connectivity index (χ4v) is 6.72. The van der Waals surface area contributed by atoms with Crippen LogP contribution in [0, 0.1) is 5.82 Å². The monoisotopic (exact) mass is 647 g/mol. The summed E-state index contributed by atoms with van der Waals surface area (Å²) in [6.07, 6.45) is -10.3. The first-order valence-electron chi connectivity index (χ1n) is 12.9. The number of ether oxygens (including phenoxy) is 2. The third-order valence-corrected chi connectivity index (χ3v) is 8.97. The fourth-order valence-electron chi connectivity index (χ4n) is 4.31. The highest BCUT2D eigenvalue weighted by Gasteiger charge is 2.61. The number of H-pyrrole nitrogens is 1. The van der Waals surface area contributed by atoms with E-state index in [0.29, 0.717) is 10.8 Å². The quantitative estimate of drug-likeness (QED) is 0.179. The Morgan fingerprint density at radius 2 is 1.86 bits per heavy atom. The fraction of sp³-hybridized carbons (Fsp3) is 0.423. The van der Waals surface area contributed by atoms with Crippen LogP contribution in [0.2, 0.25) is 0 Å². The Hall–Kier alpha value is -3.11. The van der Waals surface area contributed by atoms with E-state index in [1.807, 2.05) is 12.1 Å². The molecule has 4 N–H and O–H groups in total. The number of aromatic nitrogens is 2. The molecule has 2 heterocycles. The minimum atomic E-state index is -3.97. The second kappa shape index (κ2) is 12.9. The molecule has 43 heavy (non-hydrogen) atoms. The van der Waals surface area contributed by atoms with Crippen LogP contribution in [0.5, 0.6) is 5.75 Å². The van der Waals surface area contributed by atoms with Crippen LogP contribution in [-0.4, -0.2) is 68.7 Å². The van der Waals surface area contributed by atoms with E-state index in [4.69, 9.17) is 30.3 Å². The van der Waals surface area contributed by atoms with Crippen molar-refractivity contribution in [3.05, 3.63) is 75.3 Å². The highest BCUT2D eigenvalue weighted by Crippen LogP contribution is 2.49. The third-order valence-electron chi connectivity index (χ3n) is 6.49. The lowest BCUT2D eigenvalue weighted by Gasteiger charge is -2.34. The van der Waals surface area contributed by atoms with Crippen LogP contribution < -0.4 is 20.9 Å². The van der Waals surface area contributed by atoms with Crippen molar-refractivity contribution in [1.82, 2.24) is 14.6 Å². The summed E-state index contributed by atoms with van der Waals surface area (Å²) in [6, 6.07) is 11.0. The number of aromatic amines is 1. The van der Waals surface area contributed by atoms with Gasteiger partial charge in [-0.15, -0.1) is 0 Å². The number of benzene rings is 2. The van der Waals surface area contributed by atoms with Crippen molar-refractivity contribution in [3.63, 3.8) is 0 Å². The number of carbonyl (C=O) groups is 1. The van der Waals surface area contributed by atoms with Crippen molar-refractivity contribution in [2.24, 2.45) is 0 Å². The zero-order chi connectivity index (χ0) is 31.7. The van der Waals surface area contributed by atoms with Crippen LogP contribution in [0.1, 0.15) is 27.0 Å². The van der Waals surface area contributed by atoms with Gasteiger partial charge in [0.2, 0.25) is 5.82 Å². The predicted molar refractivity (Wildman–Crippen MR) is 151 cm³/mol. The first kappa shape index (κ1) is 32.8. The molecule has 0 saturated carbocycles. The van der Waals surface area contributed by atoms with Crippen LogP contribution >= 0.6 is 6.64 Å². The number of nitrogens with zero attached hydrogens (tertiary/aromatic N) is 1. The van der Waals surface area contributed by atoms with Gasteiger partial charge in [0.05, 0.1) is 18.9 Å². The smallest absolute Gasteiger partial charge is 0.330 e. The number of hydrogen-bond donors (Lipinski definition) is 4. The normalized spacial score (nSPS) is 24.3. The minimum Gasteiger partial charge on any atom is -0.462 e. The van der Waals surface area contributed by atoms with Gasteiger partial charge in [-0.2, -0.15) is 4.39 Å². The van der Waals surface area contributed by atoms with E-state index in [-0.39, 0.29) is 5.75 Å². The second-order valence-corrected chi connectivity index (χ2v) is 13.2. The molecule has 1 fully saturated rings. The van der Waals surface area contributed by atoms with Crippen LogP contribution in [0.4, 0.5) is 13.2 Å². The van der Waals surface area contributed by atoms with Crippen molar-refractivity contribution in [1.29, 1.82) is 0 Å². The molecule has 1 aliphatic heterocycles. The van der Waals surface area contributed by atoms with Crippen LogP contribution in [0.25, 0.3) is 10.8 Å². The number of rotatable bonds is 11. The molecular formula is C26H29F3N3O9PS. The van der Waals surface area contributed by atoms with Gasteiger partial charge in [-0.25, -0.2) is 18.7 Å². The number of alkyl halides is 2. The van der Waals surface area contributed by atoms with Gasteiger partial charge in [0.1, 0.15) is 24.0 Å². The molecule has 1 aliphatic rings. The van der Waals surface area contributed by atoms with E-state index in [1.54, 1.807) is 49.2 Å². The van der Waals surface area contributed by atoms with E-state index >= 15 is 0 Å². The first-order valence-corrected chi connectivity index (χ1v) is 15.5. The van der Waals surface area contributed by atoms with Gasteiger partial charge in [0.25, 0.3) is 12.0 Å². The topological polar surface area (TPSA) is 161 Å². The largest absolute Gasteiger partial charge is 0.462 e. The molecule has 234 valence electrons. The molecule has 1 saturated heterocycles. The Bertz CT molecular complexity index is 1660. The molecule has 4 rings (SSSR count). The number of aliphatic hydroxyl groups excluding tert-OH is 2. The predicted octanol–water partition coefficient (Wildman–Crippen LogP) is 2.33. The van der Waals surface area contributed by atoms with E-state index in [2.05, 4.69) is 5.09 Å². The number of hydrogen-bond acceptors (Lipinski definition) is 10. The second-order valence-electron chi connectivity index (χ2n) is 10.1. The standard InChI is InChI=1S/C26H29F3N3O9PS/c1-13(2)39-23(36)14(3)31-42(43,41-17-9-8-15-6-4-5-7-16(15)10-17)38-12-26(24(28)29)20(34)19(33)22(40-26)32-11-18(27)21(35)30-25(32)37/h4-11,13-14,19-20,22,24,33-34H,12H2,1-3H3,(H,31,43)(H,30,35,37)/t14-,19+,20-,22+,26+,42?/m0/s1. The molecule has 0 bridgehead atoms. The average molecular weight is 648 g/mol. The number of esters is 1. The van der Waals surface area contributed by atoms with Gasteiger partial charge < -0.3 is 28.7 Å². The van der Waals surface area contributed by atoms with Crippen LogP contribution in [0.15, 0.2) is 58.3 Å². The van der Waals surface area contributed by atoms with Gasteiger partial charge in [-0.3, -0.25) is 19.1 Å². The molecule has 0 aliphatic carbocycles. The summed E-state index contributed by atoms with van der Waals surface area (Å²) in [7, 11) is 0. The molecule has 1 unspecified atom stereocenters. The van der Waals surface area contributed by atoms with Gasteiger partial charge >= 0.3 is 18.3 Å². The highest BCUT2D eigenvalue weighted by atomic mass is 32.5. The van der Waals surface area contributed by atoms with Gasteiger partial charge in [0.15, 0.2) is 11.8 Å². The molecular weight excluding hydrogens is 618 g/mol. The van der Waals surface area contributed by atoms with Gasteiger partial charge in [0, 0.05) is 0 Å². The number of fused-ring (bicyclic) bond motifs is 1. The number of halogens is 3. The number of nitrogens with one attached hydrogen (secondary N) is 2. The minimum absolute atomic E-state index is 0.158. The third kappa shape index (κ3) is 7.01. The van der Waals surface area contributed by atoms with Crippen molar-refractivity contribution in [2.75, 3.05) is 6.61 Å². The number of carbonyl (C=O) groups excluding carboxylic acids is 1. The molecule has 0 spiro atoms. The van der Waals surface area contributed by atoms with Crippen molar-refractivity contribution < 1.29 is 46.7 Å². The first-order chi connectivity index (χ1) is 20.2. The molecule has 0 radical (unpaired) electrons. The van der Waals surface area contributed by atoms with Crippen LogP contribution in [0.3, 0.4) is 0 Å². The summed E-state index contributed by atoms with van der Waals surface area (Å²) < 4.78 is 65.6. The van der Waals surface area contributed by atoms with Gasteiger partial charge in [-0.05, 0) is 55.5 Å². The zero-order valence-corrected chi connectivity index (χ0v) is 24.7. The molecule has 12 nitrogen and oxygen atoms in total. The average Bonchev–Trinajstić information content (AvgIpc) is 3.19. The molecule has 17 heteroatoms. The summed E-state index contributed by atoms with van der Waals surface area (Å²) in [6.45, 7) is -0.558. The summed E-state index contributed by atoms with van der Waals surface area (Å²) in [5.74, 6) is -2.06. The lowest BCUT2D eigenvalue weighted by molar-refractivity contribution is -0.192. The number of aliphatic hydroxyl groups is 2. The Labute approximate surface area is 247 Å². The molecule has 3 aromatic rings. The Kier molecular flexibility index (Phi) is 9.81. The highest BCUT2D eigenvalue weighted by molar-refractivity contribution is 8.09. The van der Waals surface area contributed by atoms with E-state index < -0.39 is 78.9 Å². The SMILES string of the molecule is CC(C)OC(=O)[C@H](C)NP(=S)(OC[C@@]1(C(F)F)O[C@@H](n2cc(F)c(=O)[nH]c2=O)[C@H](O)[C@@H]1O)Oc1ccc2ccccc2c1. The summed E-state index contributed by atoms with van der Waals surface area (Å²) in [5.41, 5.74) is -5.70. The summed E-state index contributed by atoms with van der Waals surface area (Å²) in [4.78, 5) is 37.8. The molecule has 2 aromatic carbocycles. The van der Waals surface area contributed by atoms with E-state index in [0.717, 1.165) is 10.8 Å². The lowest BCUT2D eigenvalue weighted by atomic mass is 9.96. The molecule has 1 aromatic heterocycles. The maximum absolute atomic E-state index is 14.6. The summed E-state index contributed by atoms with van der Waals surface area (Å²) in [5, 5.41) is 25.6. The van der Waals surface area contributed by atoms with Crippen molar-refractivity contribution in [2.45, 2.75) is 63.4 Å². The molecule has 6 atom stereocenters. The Morgan fingerprint density at radius 1 is 1.19 bits per heavy atom. The Balaban J connectivity index is 1.66. The maximum Gasteiger partial charge on any atom is 0.330 e. The maximum atomic E-state index is 14.6. The van der Waals surface area contributed by atoms with E-state index in [1.165, 1.54) is 6.92 Å². The van der Waals surface area contributed by atoms with E-state index in [9.17, 15) is 37.8 Å². The van der Waals surface area contributed by atoms with Crippen LogP contribution in [-0.2, 0) is 30.6 Å².